The maximum Gasteiger partial charge on any atom is 0.329 e. The van der Waals surface area contributed by atoms with E-state index in [0.29, 0.717) is 11.1 Å². The first kappa shape index (κ1) is 30.9. The fraction of sp³-hybridized carbons (Fsp3) is 0.241. The van der Waals surface area contributed by atoms with E-state index in [4.69, 9.17) is 16.3 Å². The molecule has 3 aromatic carbocycles. The second-order valence-electron chi connectivity index (χ2n) is 8.97. The molecule has 0 heterocycles. The molecule has 0 aliphatic rings. The highest BCUT2D eigenvalue weighted by molar-refractivity contribution is 6.18. The van der Waals surface area contributed by atoms with E-state index in [2.05, 4.69) is 16.0 Å². The average molecular weight is 586 g/mol. The van der Waals surface area contributed by atoms with E-state index in [-0.39, 0.29) is 42.4 Å². The number of amides is 3. The van der Waals surface area contributed by atoms with Gasteiger partial charge < -0.3 is 30.9 Å². The zero-order valence-corrected chi connectivity index (χ0v) is 22.6. The summed E-state index contributed by atoms with van der Waals surface area (Å²) in [5, 5.41) is 26.6. The van der Waals surface area contributed by atoms with Gasteiger partial charge in [-0.15, -0.1) is 11.6 Å². The van der Waals surface area contributed by atoms with Gasteiger partial charge in [0, 0.05) is 18.4 Å². The number of halogens is 2. The van der Waals surface area contributed by atoms with Gasteiger partial charge in [0.1, 0.15) is 36.0 Å². The lowest BCUT2D eigenvalue weighted by Crippen LogP contribution is -2.52. The molecular weight excluding hydrogens is 557 g/mol. The standard InChI is InChI=1S/C29H29ClFN3O7/c30-13-14-41-29(40)25(16-19-3-11-23(36)12-4-19)33-26(37)17-32-28(39)24(15-18-1-9-22(35)10-2-18)34-27(38)20-5-7-21(31)8-6-20/h1-12,24-25,35-36H,13-17H2,(H,32,39)(H,33,37)(H,34,38)/t24-,25-/m0/s1. The van der Waals surface area contributed by atoms with E-state index in [1.807, 2.05) is 0 Å². The van der Waals surface area contributed by atoms with Gasteiger partial charge in [-0.3, -0.25) is 14.4 Å². The highest BCUT2D eigenvalue weighted by atomic mass is 35.5. The van der Waals surface area contributed by atoms with Crippen molar-refractivity contribution in [2.75, 3.05) is 19.0 Å². The first-order valence-electron chi connectivity index (χ1n) is 12.6. The van der Waals surface area contributed by atoms with Crippen LogP contribution in [-0.2, 0) is 32.0 Å². The molecule has 12 heteroatoms. The first-order chi connectivity index (χ1) is 19.6. The average Bonchev–Trinajstić information content (AvgIpc) is 2.96. The van der Waals surface area contributed by atoms with Crippen molar-refractivity contribution in [2.45, 2.75) is 24.9 Å². The van der Waals surface area contributed by atoms with Crippen molar-refractivity contribution in [1.82, 2.24) is 16.0 Å². The summed E-state index contributed by atoms with van der Waals surface area (Å²) < 4.78 is 18.3. The largest absolute Gasteiger partial charge is 0.508 e. The topological polar surface area (TPSA) is 154 Å². The Morgan fingerprint density at radius 1 is 0.780 bits per heavy atom. The number of alkyl halides is 1. The number of hydrogen-bond acceptors (Lipinski definition) is 7. The molecule has 2 atom stereocenters. The molecule has 0 aliphatic heterocycles. The molecule has 0 unspecified atom stereocenters. The fourth-order valence-electron chi connectivity index (χ4n) is 3.76. The predicted molar refractivity (Wildman–Crippen MR) is 148 cm³/mol. The fourth-order valence-corrected chi connectivity index (χ4v) is 3.83. The number of ether oxygens (including phenoxy) is 1. The number of carbonyl (C=O) groups excluding carboxylic acids is 4. The molecule has 3 aromatic rings. The van der Waals surface area contributed by atoms with E-state index < -0.39 is 48.1 Å². The summed E-state index contributed by atoms with van der Waals surface area (Å²) in [6.45, 7) is -0.585. The zero-order chi connectivity index (χ0) is 29.8. The van der Waals surface area contributed by atoms with Crippen LogP contribution in [0.15, 0.2) is 72.8 Å². The highest BCUT2D eigenvalue weighted by Crippen LogP contribution is 2.13. The molecule has 0 spiro atoms. The lowest BCUT2D eigenvalue weighted by molar-refractivity contribution is -0.147. The number of phenols is 2. The van der Waals surface area contributed by atoms with Crippen LogP contribution < -0.4 is 16.0 Å². The maximum atomic E-state index is 13.3. The molecule has 10 nitrogen and oxygen atoms in total. The SMILES string of the molecule is O=C(CNC(=O)[C@H](Cc1ccc(O)cc1)NC(=O)c1ccc(F)cc1)N[C@@H](Cc1ccc(O)cc1)C(=O)OCCCl. The number of nitrogens with one attached hydrogen (secondary N) is 3. The minimum absolute atomic E-state index is 0.0215. The quantitative estimate of drug-likeness (QED) is 0.152. The van der Waals surface area contributed by atoms with Crippen LogP contribution in [0.1, 0.15) is 21.5 Å². The van der Waals surface area contributed by atoms with Gasteiger partial charge in [0.25, 0.3) is 5.91 Å². The molecular formula is C29H29ClFN3O7. The second-order valence-corrected chi connectivity index (χ2v) is 9.35. The molecule has 0 saturated heterocycles. The Balaban J connectivity index is 1.67. The number of esters is 1. The van der Waals surface area contributed by atoms with Gasteiger partial charge in [0.2, 0.25) is 11.8 Å². The number of carbonyl (C=O) groups is 4. The molecule has 41 heavy (non-hydrogen) atoms. The third-order valence-corrected chi connectivity index (χ3v) is 6.00. The Kier molecular flexibility index (Phi) is 11.5. The third-order valence-electron chi connectivity index (χ3n) is 5.84. The van der Waals surface area contributed by atoms with Crippen LogP contribution in [0.5, 0.6) is 11.5 Å². The van der Waals surface area contributed by atoms with E-state index in [0.717, 1.165) is 12.1 Å². The normalized spacial score (nSPS) is 12.0. The van der Waals surface area contributed by atoms with E-state index in [1.54, 1.807) is 24.3 Å². The molecule has 5 N–H and O–H groups in total. The predicted octanol–water partition coefficient (Wildman–Crippen LogP) is 2.20. The van der Waals surface area contributed by atoms with Crippen molar-refractivity contribution >= 4 is 35.3 Å². The molecule has 0 bridgehead atoms. The third kappa shape index (κ3) is 10.1. The molecule has 0 radical (unpaired) electrons. The van der Waals surface area contributed by atoms with E-state index >= 15 is 0 Å². The minimum Gasteiger partial charge on any atom is -0.508 e. The minimum atomic E-state index is -1.13. The summed E-state index contributed by atoms with van der Waals surface area (Å²) in [6, 6.07) is 14.6. The van der Waals surface area contributed by atoms with Gasteiger partial charge in [-0.1, -0.05) is 24.3 Å². The summed E-state index contributed by atoms with van der Waals surface area (Å²) in [5.74, 6) is -3.15. The molecule has 3 rings (SSSR count). The lowest BCUT2D eigenvalue weighted by Gasteiger charge is -2.20. The number of hydrogen-bond donors (Lipinski definition) is 5. The van der Waals surface area contributed by atoms with Crippen molar-refractivity contribution < 1.29 is 38.5 Å². The lowest BCUT2D eigenvalue weighted by atomic mass is 10.0. The number of aromatic hydroxyl groups is 2. The maximum absolute atomic E-state index is 13.3. The number of benzene rings is 3. The monoisotopic (exact) mass is 585 g/mol. The van der Waals surface area contributed by atoms with Gasteiger partial charge in [-0.25, -0.2) is 9.18 Å². The number of phenolic OH excluding ortho intramolecular Hbond substituents is 2. The van der Waals surface area contributed by atoms with Crippen molar-refractivity contribution in [3.63, 3.8) is 0 Å². The van der Waals surface area contributed by atoms with Crippen LogP contribution in [0.4, 0.5) is 4.39 Å². The van der Waals surface area contributed by atoms with Crippen molar-refractivity contribution in [2.24, 2.45) is 0 Å². The Morgan fingerprint density at radius 3 is 1.85 bits per heavy atom. The van der Waals surface area contributed by atoms with Gasteiger partial charge in [0.05, 0.1) is 12.4 Å². The Morgan fingerprint density at radius 2 is 1.32 bits per heavy atom. The van der Waals surface area contributed by atoms with Crippen molar-refractivity contribution in [3.05, 3.63) is 95.3 Å². The summed E-state index contributed by atoms with van der Waals surface area (Å²) in [4.78, 5) is 51.1. The molecule has 0 aliphatic carbocycles. The van der Waals surface area contributed by atoms with Crippen molar-refractivity contribution in [1.29, 1.82) is 0 Å². The molecule has 0 fully saturated rings. The number of rotatable bonds is 13. The zero-order valence-electron chi connectivity index (χ0n) is 21.8. The summed E-state index contributed by atoms with van der Waals surface area (Å²) in [5.41, 5.74) is 1.38. The van der Waals surface area contributed by atoms with Gasteiger partial charge in [-0.2, -0.15) is 0 Å². The summed E-state index contributed by atoms with van der Waals surface area (Å²) in [7, 11) is 0. The van der Waals surface area contributed by atoms with Crippen molar-refractivity contribution in [3.8, 4) is 11.5 Å². The first-order valence-corrected chi connectivity index (χ1v) is 13.1. The van der Waals surface area contributed by atoms with Crippen LogP contribution in [0.2, 0.25) is 0 Å². The smallest absolute Gasteiger partial charge is 0.329 e. The second kappa shape index (κ2) is 15.2. The van der Waals surface area contributed by atoms with Crippen LogP contribution >= 0.6 is 11.6 Å². The highest BCUT2D eigenvalue weighted by Gasteiger charge is 2.25. The van der Waals surface area contributed by atoms with Gasteiger partial charge in [-0.05, 0) is 59.7 Å². The van der Waals surface area contributed by atoms with Crippen LogP contribution in [0.25, 0.3) is 0 Å². The summed E-state index contributed by atoms with van der Waals surface area (Å²) >= 11 is 5.60. The van der Waals surface area contributed by atoms with E-state index in [9.17, 15) is 33.8 Å². The Labute approximate surface area is 240 Å². The van der Waals surface area contributed by atoms with Crippen LogP contribution in [0, 0.1) is 5.82 Å². The van der Waals surface area contributed by atoms with Gasteiger partial charge in [0.15, 0.2) is 0 Å². The molecule has 0 aromatic heterocycles. The summed E-state index contributed by atoms with van der Waals surface area (Å²) in [6.07, 6.45) is 0.0766. The Hall–Kier alpha value is -4.64. The Bertz CT molecular complexity index is 1340. The molecule has 3 amide bonds. The molecule has 0 saturated carbocycles. The van der Waals surface area contributed by atoms with E-state index in [1.165, 1.54) is 36.4 Å². The molecule has 216 valence electrons. The van der Waals surface area contributed by atoms with Crippen LogP contribution in [0.3, 0.4) is 0 Å². The van der Waals surface area contributed by atoms with Gasteiger partial charge >= 0.3 is 5.97 Å². The van der Waals surface area contributed by atoms with Crippen LogP contribution in [-0.4, -0.2) is 65.0 Å².